The summed E-state index contributed by atoms with van der Waals surface area (Å²) in [6.45, 7) is 1.52. The molecule has 0 fully saturated rings. The van der Waals surface area contributed by atoms with Crippen LogP contribution in [0, 0.1) is 11.3 Å². The molecule has 0 bridgehead atoms. The first-order chi connectivity index (χ1) is 6.90. The zero-order chi connectivity index (χ0) is 9.80. The summed E-state index contributed by atoms with van der Waals surface area (Å²) in [5.74, 6) is 0. The van der Waals surface area contributed by atoms with E-state index in [0.717, 1.165) is 12.1 Å². The molecule has 2 rings (SSSR count). The summed E-state index contributed by atoms with van der Waals surface area (Å²) in [4.78, 5) is 0. The zero-order valence-electron chi connectivity index (χ0n) is 7.80. The number of hydrazine groups is 1. The quantitative estimate of drug-likeness (QED) is 0.621. The average Bonchev–Trinajstić information content (AvgIpc) is 2.30. The Bertz CT molecular complexity index is 368. The van der Waals surface area contributed by atoms with Gasteiger partial charge in [0.2, 0.25) is 0 Å². The van der Waals surface area contributed by atoms with Crippen molar-refractivity contribution in [3.63, 3.8) is 0 Å². The van der Waals surface area contributed by atoms with Crippen molar-refractivity contribution >= 4 is 0 Å². The van der Waals surface area contributed by atoms with Gasteiger partial charge < -0.3 is 0 Å². The van der Waals surface area contributed by atoms with Crippen LogP contribution < -0.4 is 0 Å². The van der Waals surface area contributed by atoms with Crippen LogP contribution in [-0.2, 0) is 0 Å². The fraction of sp³-hybridized carbons (Fsp3) is 0.182. The lowest BCUT2D eigenvalue weighted by Crippen LogP contribution is -2.37. The Morgan fingerprint density at radius 3 is 2.71 bits per heavy atom. The Morgan fingerprint density at radius 2 is 2.00 bits per heavy atom. The third-order valence-corrected chi connectivity index (χ3v) is 2.16. The Morgan fingerprint density at radius 1 is 1.14 bits per heavy atom. The smallest absolute Gasteiger partial charge is 0.0966 e. The van der Waals surface area contributed by atoms with Crippen LogP contribution >= 0.6 is 0 Å². The largest absolute Gasteiger partial charge is 0.289 e. The summed E-state index contributed by atoms with van der Waals surface area (Å²) in [7, 11) is 0. The molecule has 2 heterocycles. The van der Waals surface area contributed by atoms with Crippen molar-refractivity contribution in [1.29, 1.82) is 5.26 Å². The van der Waals surface area contributed by atoms with Crippen LogP contribution in [0.3, 0.4) is 0 Å². The third kappa shape index (κ3) is 1.69. The van der Waals surface area contributed by atoms with E-state index in [4.69, 9.17) is 5.26 Å². The molecule has 14 heavy (non-hydrogen) atoms. The maximum Gasteiger partial charge on any atom is 0.0966 e. The molecule has 0 aromatic rings. The highest BCUT2D eigenvalue weighted by molar-refractivity contribution is 5.30. The van der Waals surface area contributed by atoms with Gasteiger partial charge in [-0.15, -0.1) is 0 Å². The predicted molar refractivity (Wildman–Crippen MR) is 54.5 cm³/mol. The summed E-state index contributed by atoms with van der Waals surface area (Å²) >= 11 is 0. The molecule has 0 saturated carbocycles. The molecule has 0 aliphatic carbocycles. The van der Waals surface area contributed by atoms with Gasteiger partial charge in [-0.3, -0.25) is 10.0 Å². The first kappa shape index (κ1) is 8.64. The van der Waals surface area contributed by atoms with Crippen LogP contribution in [0.15, 0.2) is 48.4 Å². The summed E-state index contributed by atoms with van der Waals surface area (Å²) in [6.07, 6.45) is 13.8. The van der Waals surface area contributed by atoms with Gasteiger partial charge in [-0.25, -0.2) is 0 Å². The number of rotatable bonds is 1. The van der Waals surface area contributed by atoms with Gasteiger partial charge >= 0.3 is 0 Å². The monoisotopic (exact) mass is 185 g/mol. The van der Waals surface area contributed by atoms with Gasteiger partial charge in [0, 0.05) is 12.4 Å². The molecule has 2 aliphatic rings. The van der Waals surface area contributed by atoms with Crippen LogP contribution in [-0.4, -0.2) is 23.1 Å². The third-order valence-electron chi connectivity index (χ3n) is 2.16. The minimum Gasteiger partial charge on any atom is -0.289 e. The van der Waals surface area contributed by atoms with Gasteiger partial charge in [-0.1, -0.05) is 12.2 Å². The van der Waals surface area contributed by atoms with Crippen molar-refractivity contribution in [3.05, 3.63) is 48.4 Å². The van der Waals surface area contributed by atoms with Gasteiger partial charge in [-0.05, 0) is 18.2 Å². The molecule has 0 atom stereocenters. The summed E-state index contributed by atoms with van der Waals surface area (Å²) in [5, 5.41) is 12.9. The van der Waals surface area contributed by atoms with Crippen molar-refractivity contribution in [2.24, 2.45) is 0 Å². The Kier molecular flexibility index (Phi) is 2.37. The van der Waals surface area contributed by atoms with Gasteiger partial charge in [0.1, 0.15) is 0 Å². The van der Waals surface area contributed by atoms with E-state index < -0.39 is 0 Å². The maximum atomic E-state index is 8.78. The lowest BCUT2D eigenvalue weighted by atomic mass is 10.2. The highest BCUT2D eigenvalue weighted by atomic mass is 15.6. The SMILES string of the molecule is N#CC1=CC=CN(N2C=CC=CC2)C1. The molecule has 3 nitrogen and oxygen atoms in total. The minimum atomic E-state index is 0.658. The molecule has 0 N–H and O–H groups in total. The molecular weight excluding hydrogens is 174 g/mol. The molecule has 0 spiro atoms. The van der Waals surface area contributed by atoms with Crippen LogP contribution in [0.1, 0.15) is 0 Å². The topological polar surface area (TPSA) is 30.3 Å². The van der Waals surface area contributed by atoms with Crippen molar-refractivity contribution < 1.29 is 0 Å². The van der Waals surface area contributed by atoms with E-state index in [9.17, 15) is 0 Å². The second-order valence-corrected chi connectivity index (χ2v) is 3.13. The van der Waals surface area contributed by atoms with Crippen molar-refractivity contribution in [2.45, 2.75) is 0 Å². The molecule has 0 saturated heterocycles. The molecule has 3 heteroatoms. The molecule has 2 aliphatic heterocycles. The molecule has 0 aromatic carbocycles. The van der Waals surface area contributed by atoms with Crippen molar-refractivity contribution in [3.8, 4) is 6.07 Å². The number of allylic oxidation sites excluding steroid dienone is 4. The summed E-state index contributed by atoms with van der Waals surface area (Å²) < 4.78 is 0. The Hall–Kier alpha value is -1.95. The normalized spacial score (nSPS) is 19.5. The number of nitriles is 1. The molecular formula is C11H11N3. The number of hydrogen-bond donors (Lipinski definition) is 0. The minimum absolute atomic E-state index is 0.658. The Balaban J connectivity index is 2.05. The lowest BCUT2D eigenvalue weighted by Gasteiger charge is -2.34. The zero-order valence-corrected chi connectivity index (χ0v) is 7.80. The van der Waals surface area contributed by atoms with Gasteiger partial charge in [-0.2, -0.15) is 5.26 Å². The maximum absolute atomic E-state index is 8.78. The second kappa shape index (κ2) is 3.84. The molecule has 70 valence electrons. The fourth-order valence-electron chi connectivity index (χ4n) is 1.44. The lowest BCUT2D eigenvalue weighted by molar-refractivity contribution is 0.0999. The van der Waals surface area contributed by atoms with E-state index in [1.165, 1.54) is 0 Å². The highest BCUT2D eigenvalue weighted by Gasteiger charge is 2.11. The predicted octanol–water partition coefficient (Wildman–Crippen LogP) is 1.57. The summed E-state index contributed by atoms with van der Waals surface area (Å²) in [5.41, 5.74) is 0.787. The molecule has 0 radical (unpaired) electrons. The van der Waals surface area contributed by atoms with E-state index >= 15 is 0 Å². The first-order valence-corrected chi connectivity index (χ1v) is 4.54. The molecule has 0 amide bonds. The van der Waals surface area contributed by atoms with Crippen LogP contribution in [0.5, 0.6) is 0 Å². The number of hydrogen-bond acceptors (Lipinski definition) is 3. The van der Waals surface area contributed by atoms with Crippen molar-refractivity contribution in [1.82, 2.24) is 10.0 Å². The first-order valence-electron chi connectivity index (χ1n) is 4.54. The highest BCUT2D eigenvalue weighted by Crippen LogP contribution is 2.11. The van der Waals surface area contributed by atoms with Crippen LogP contribution in [0.25, 0.3) is 0 Å². The van der Waals surface area contributed by atoms with Crippen LogP contribution in [0.4, 0.5) is 0 Å². The van der Waals surface area contributed by atoms with E-state index in [1.807, 2.05) is 41.7 Å². The number of nitrogens with zero attached hydrogens (tertiary/aromatic N) is 3. The second-order valence-electron chi connectivity index (χ2n) is 3.13. The van der Waals surface area contributed by atoms with E-state index in [-0.39, 0.29) is 0 Å². The van der Waals surface area contributed by atoms with Crippen molar-refractivity contribution in [2.75, 3.05) is 13.1 Å². The van der Waals surface area contributed by atoms with E-state index in [0.29, 0.717) is 6.54 Å². The Labute approximate surface area is 83.5 Å². The molecule has 0 aromatic heterocycles. The van der Waals surface area contributed by atoms with E-state index in [1.54, 1.807) is 0 Å². The fourth-order valence-corrected chi connectivity index (χ4v) is 1.44. The van der Waals surface area contributed by atoms with Gasteiger partial charge in [0.25, 0.3) is 0 Å². The standard InChI is InChI=1S/C11H11N3/c12-9-11-5-4-8-14(10-11)13-6-2-1-3-7-13/h1-6,8H,7,10H2. The van der Waals surface area contributed by atoms with Gasteiger partial charge in [0.15, 0.2) is 0 Å². The van der Waals surface area contributed by atoms with E-state index in [2.05, 4.69) is 17.2 Å². The average molecular weight is 185 g/mol. The van der Waals surface area contributed by atoms with Crippen LogP contribution in [0.2, 0.25) is 0 Å². The molecule has 0 unspecified atom stereocenters. The van der Waals surface area contributed by atoms with Gasteiger partial charge in [0.05, 0.1) is 24.7 Å². The summed E-state index contributed by atoms with van der Waals surface area (Å²) in [6, 6.07) is 2.17.